The number of ether oxygens (including phenoxy) is 1. The van der Waals surface area contributed by atoms with Crippen LogP contribution in [0.1, 0.15) is 30.6 Å². The molecule has 20 heavy (non-hydrogen) atoms. The second-order valence-corrected chi connectivity index (χ2v) is 4.80. The van der Waals surface area contributed by atoms with Crippen LogP contribution in [0, 0.1) is 0 Å². The van der Waals surface area contributed by atoms with Gasteiger partial charge >= 0.3 is 0 Å². The van der Waals surface area contributed by atoms with Crippen molar-refractivity contribution in [2.45, 2.75) is 19.4 Å². The minimum Gasteiger partial charge on any atom is -0.492 e. The highest BCUT2D eigenvalue weighted by molar-refractivity contribution is 6.31. The van der Waals surface area contributed by atoms with Crippen LogP contribution in [-0.2, 0) is 0 Å². The maximum absolute atomic E-state index is 6.22. The van der Waals surface area contributed by atoms with Crippen LogP contribution in [0.2, 0.25) is 5.02 Å². The topological polar surface area (TPSA) is 47.0 Å². The molecule has 1 N–H and O–H groups in total. The van der Waals surface area contributed by atoms with Crippen LogP contribution in [0.4, 0.5) is 0 Å². The lowest BCUT2D eigenvalue weighted by Gasteiger charge is -2.17. The van der Waals surface area contributed by atoms with Gasteiger partial charge in [-0.3, -0.25) is 9.97 Å². The molecule has 0 fully saturated rings. The molecule has 0 spiro atoms. The first-order chi connectivity index (χ1) is 9.76. The fraction of sp³-hybridized carbons (Fsp3) is 0.333. The third-order valence-corrected chi connectivity index (χ3v) is 3.21. The first kappa shape index (κ1) is 14.8. The van der Waals surface area contributed by atoms with Crippen LogP contribution >= 0.6 is 11.6 Å². The Bertz CT molecular complexity index is 562. The Morgan fingerprint density at radius 1 is 1.40 bits per heavy atom. The number of pyridine rings is 2. The molecule has 0 bridgehead atoms. The van der Waals surface area contributed by atoms with Crippen molar-refractivity contribution >= 4 is 11.6 Å². The van der Waals surface area contributed by atoms with Gasteiger partial charge in [-0.1, -0.05) is 18.5 Å². The van der Waals surface area contributed by atoms with E-state index in [-0.39, 0.29) is 6.04 Å². The van der Waals surface area contributed by atoms with Crippen LogP contribution < -0.4 is 10.1 Å². The van der Waals surface area contributed by atoms with Gasteiger partial charge in [0.05, 0.1) is 29.6 Å². The molecule has 0 aliphatic heterocycles. The van der Waals surface area contributed by atoms with Crippen LogP contribution in [0.15, 0.2) is 36.8 Å². The minimum atomic E-state index is -0.110. The third kappa shape index (κ3) is 3.46. The van der Waals surface area contributed by atoms with Crippen LogP contribution in [0.5, 0.6) is 5.75 Å². The Morgan fingerprint density at radius 3 is 2.95 bits per heavy atom. The van der Waals surface area contributed by atoms with Gasteiger partial charge < -0.3 is 10.1 Å². The van der Waals surface area contributed by atoms with Gasteiger partial charge in [-0.25, -0.2) is 0 Å². The number of rotatable bonds is 6. The SMILES string of the molecule is CCCOc1cncc(C(NC)c2ncccc2Cl)c1. The van der Waals surface area contributed by atoms with E-state index in [9.17, 15) is 0 Å². The largest absolute Gasteiger partial charge is 0.492 e. The molecule has 4 nitrogen and oxygen atoms in total. The number of nitrogens with one attached hydrogen (secondary N) is 1. The molecule has 2 rings (SSSR count). The fourth-order valence-corrected chi connectivity index (χ4v) is 2.19. The maximum atomic E-state index is 6.22. The zero-order valence-corrected chi connectivity index (χ0v) is 12.4. The Balaban J connectivity index is 2.30. The molecule has 0 amide bonds. The van der Waals surface area contributed by atoms with Gasteiger partial charge in [0, 0.05) is 12.4 Å². The van der Waals surface area contributed by atoms with E-state index in [4.69, 9.17) is 16.3 Å². The van der Waals surface area contributed by atoms with Crippen molar-refractivity contribution < 1.29 is 4.74 Å². The summed E-state index contributed by atoms with van der Waals surface area (Å²) < 4.78 is 5.61. The standard InChI is InChI=1S/C15H18ClN3O/c1-3-7-20-12-8-11(9-18-10-12)14(17-2)15-13(16)5-4-6-19-15/h4-6,8-10,14,17H,3,7H2,1-2H3. The molecular weight excluding hydrogens is 274 g/mol. The van der Waals surface area contributed by atoms with Crippen molar-refractivity contribution in [2.24, 2.45) is 0 Å². The Hall–Kier alpha value is -1.65. The lowest BCUT2D eigenvalue weighted by Crippen LogP contribution is -2.19. The number of aromatic nitrogens is 2. The van der Waals surface area contributed by atoms with Gasteiger partial charge in [0.25, 0.3) is 0 Å². The summed E-state index contributed by atoms with van der Waals surface area (Å²) >= 11 is 6.22. The Morgan fingerprint density at radius 2 is 2.25 bits per heavy atom. The predicted octanol–water partition coefficient (Wildman–Crippen LogP) is 3.23. The van der Waals surface area contributed by atoms with E-state index in [0.29, 0.717) is 11.6 Å². The molecule has 5 heteroatoms. The molecule has 0 aromatic carbocycles. The van der Waals surface area contributed by atoms with Crippen LogP contribution in [0.3, 0.4) is 0 Å². The molecular formula is C15H18ClN3O. The van der Waals surface area contributed by atoms with Crippen molar-refractivity contribution in [3.8, 4) is 5.75 Å². The minimum absolute atomic E-state index is 0.110. The highest BCUT2D eigenvalue weighted by Gasteiger charge is 2.17. The summed E-state index contributed by atoms with van der Waals surface area (Å²) in [6, 6.07) is 5.51. The summed E-state index contributed by atoms with van der Waals surface area (Å²) in [4.78, 5) is 8.58. The van der Waals surface area contributed by atoms with E-state index in [2.05, 4.69) is 22.2 Å². The van der Waals surface area contributed by atoms with Crippen LogP contribution in [0.25, 0.3) is 0 Å². The highest BCUT2D eigenvalue weighted by Crippen LogP contribution is 2.27. The molecule has 2 aromatic rings. The summed E-state index contributed by atoms with van der Waals surface area (Å²) in [5.74, 6) is 0.761. The molecule has 0 aliphatic carbocycles. The molecule has 0 saturated heterocycles. The average Bonchev–Trinajstić information content (AvgIpc) is 2.48. The molecule has 0 saturated carbocycles. The lowest BCUT2D eigenvalue weighted by molar-refractivity contribution is 0.315. The molecule has 2 heterocycles. The Labute approximate surface area is 124 Å². The summed E-state index contributed by atoms with van der Waals surface area (Å²) in [5.41, 5.74) is 1.76. The molecule has 2 aromatic heterocycles. The van der Waals surface area contributed by atoms with E-state index in [1.54, 1.807) is 18.6 Å². The van der Waals surface area contributed by atoms with Gasteiger partial charge in [0.1, 0.15) is 5.75 Å². The van der Waals surface area contributed by atoms with Crippen molar-refractivity contribution in [3.63, 3.8) is 0 Å². The first-order valence-electron chi connectivity index (χ1n) is 6.61. The van der Waals surface area contributed by atoms with Crippen molar-refractivity contribution in [1.29, 1.82) is 0 Å². The average molecular weight is 292 g/mol. The fourth-order valence-electron chi connectivity index (χ4n) is 1.96. The third-order valence-electron chi connectivity index (χ3n) is 2.89. The predicted molar refractivity (Wildman–Crippen MR) is 80.2 cm³/mol. The quantitative estimate of drug-likeness (QED) is 0.888. The van der Waals surface area contributed by atoms with E-state index in [1.807, 2.05) is 25.2 Å². The Kier molecular flexibility index (Phi) is 5.32. The summed E-state index contributed by atoms with van der Waals surface area (Å²) in [7, 11) is 1.87. The van der Waals surface area contributed by atoms with Crippen molar-refractivity contribution in [3.05, 3.63) is 53.1 Å². The van der Waals surface area contributed by atoms with E-state index in [1.165, 1.54) is 0 Å². The molecule has 1 atom stereocenters. The number of hydrogen-bond acceptors (Lipinski definition) is 4. The first-order valence-corrected chi connectivity index (χ1v) is 6.99. The summed E-state index contributed by atoms with van der Waals surface area (Å²) in [6.07, 6.45) is 6.21. The maximum Gasteiger partial charge on any atom is 0.137 e. The van der Waals surface area contributed by atoms with Crippen molar-refractivity contribution in [2.75, 3.05) is 13.7 Å². The highest BCUT2D eigenvalue weighted by atomic mass is 35.5. The summed E-state index contributed by atoms with van der Waals surface area (Å²) in [5, 5.41) is 3.85. The van der Waals surface area contributed by atoms with E-state index in [0.717, 1.165) is 23.4 Å². The number of hydrogen-bond donors (Lipinski definition) is 1. The second kappa shape index (κ2) is 7.22. The van der Waals surface area contributed by atoms with Gasteiger partial charge in [0.15, 0.2) is 0 Å². The van der Waals surface area contributed by atoms with Gasteiger partial charge in [-0.2, -0.15) is 0 Å². The second-order valence-electron chi connectivity index (χ2n) is 4.39. The normalized spacial score (nSPS) is 12.2. The molecule has 1 unspecified atom stereocenters. The van der Waals surface area contributed by atoms with E-state index >= 15 is 0 Å². The molecule has 106 valence electrons. The zero-order chi connectivity index (χ0) is 14.4. The van der Waals surface area contributed by atoms with Crippen LogP contribution in [-0.4, -0.2) is 23.6 Å². The van der Waals surface area contributed by atoms with Crippen molar-refractivity contribution in [1.82, 2.24) is 15.3 Å². The number of nitrogens with zero attached hydrogens (tertiary/aromatic N) is 2. The smallest absolute Gasteiger partial charge is 0.137 e. The van der Waals surface area contributed by atoms with Gasteiger partial charge in [-0.05, 0) is 37.2 Å². The monoisotopic (exact) mass is 291 g/mol. The molecule has 0 aliphatic rings. The van der Waals surface area contributed by atoms with Gasteiger partial charge in [0.2, 0.25) is 0 Å². The number of halogens is 1. The molecule has 0 radical (unpaired) electrons. The van der Waals surface area contributed by atoms with Gasteiger partial charge in [-0.15, -0.1) is 0 Å². The lowest BCUT2D eigenvalue weighted by atomic mass is 10.1. The zero-order valence-electron chi connectivity index (χ0n) is 11.6. The summed E-state index contributed by atoms with van der Waals surface area (Å²) in [6.45, 7) is 2.75. The van der Waals surface area contributed by atoms with E-state index < -0.39 is 0 Å².